The molecule has 0 bridgehead atoms. The third-order valence-electron chi connectivity index (χ3n) is 2.71. The number of nitrogens with one attached hydrogen (secondary N) is 2. The van der Waals surface area contributed by atoms with Gasteiger partial charge in [-0.05, 0) is 23.8 Å². The molecule has 0 amide bonds. The van der Waals surface area contributed by atoms with Crippen molar-refractivity contribution in [1.29, 1.82) is 0 Å². The average molecular weight is 288 g/mol. The van der Waals surface area contributed by atoms with Gasteiger partial charge in [0.15, 0.2) is 5.78 Å². The number of methoxy groups -OCH3 is 1. The monoisotopic (exact) mass is 288 g/mol. The summed E-state index contributed by atoms with van der Waals surface area (Å²) in [6.45, 7) is 0. The Kier molecular flexibility index (Phi) is 4.03. The Labute approximate surface area is 118 Å². The van der Waals surface area contributed by atoms with E-state index in [-0.39, 0.29) is 0 Å². The zero-order chi connectivity index (χ0) is 15.4. The highest BCUT2D eigenvalue weighted by Crippen LogP contribution is 2.13. The minimum absolute atomic E-state index is 0.514. The summed E-state index contributed by atoms with van der Waals surface area (Å²) in [7, 11) is 1.54. The van der Waals surface area contributed by atoms with Crippen LogP contribution in [0.2, 0.25) is 0 Å². The normalized spacial score (nSPS) is 10.7. The van der Waals surface area contributed by atoms with Crippen LogP contribution in [-0.2, 0) is 0 Å². The van der Waals surface area contributed by atoms with Gasteiger partial charge in [-0.3, -0.25) is 19.6 Å². The van der Waals surface area contributed by atoms with Crippen molar-refractivity contribution in [2.24, 2.45) is 0 Å². The highest BCUT2D eigenvalue weighted by atomic mass is 16.5. The third-order valence-corrected chi connectivity index (χ3v) is 2.71. The molecule has 0 aliphatic heterocycles. The molecular formula is C14H12N2O5. The molecule has 0 fully saturated rings. The summed E-state index contributed by atoms with van der Waals surface area (Å²) in [5.74, 6) is -0.804. The molecular weight excluding hydrogens is 276 g/mol. The van der Waals surface area contributed by atoms with Crippen LogP contribution in [0.3, 0.4) is 0 Å². The molecule has 0 atom stereocenters. The van der Waals surface area contributed by atoms with Gasteiger partial charge in [0.25, 0.3) is 5.56 Å². The average Bonchev–Trinajstić information content (AvgIpc) is 2.44. The molecule has 7 heteroatoms. The maximum atomic E-state index is 11.9. The third kappa shape index (κ3) is 3.27. The molecule has 0 spiro atoms. The van der Waals surface area contributed by atoms with E-state index < -0.39 is 28.5 Å². The first-order chi connectivity index (χ1) is 10.0. The number of aromatic amines is 2. The highest BCUT2D eigenvalue weighted by molar-refractivity contribution is 6.07. The fourth-order valence-corrected chi connectivity index (χ4v) is 1.67. The van der Waals surface area contributed by atoms with Crippen molar-refractivity contribution in [2.75, 3.05) is 7.11 Å². The molecule has 3 N–H and O–H groups in total. The second kappa shape index (κ2) is 5.91. The van der Waals surface area contributed by atoms with Gasteiger partial charge in [-0.2, -0.15) is 0 Å². The second-order valence-corrected chi connectivity index (χ2v) is 4.10. The van der Waals surface area contributed by atoms with Gasteiger partial charge in [-0.25, -0.2) is 4.79 Å². The fraction of sp³-hybridized carbons (Fsp3) is 0.0714. The predicted octanol–water partition coefficient (Wildman–Crippen LogP) is 0.673. The number of rotatable bonds is 4. The van der Waals surface area contributed by atoms with E-state index in [9.17, 15) is 19.5 Å². The zero-order valence-corrected chi connectivity index (χ0v) is 11.0. The Balaban J connectivity index is 2.27. The van der Waals surface area contributed by atoms with Crippen molar-refractivity contribution in [3.05, 3.63) is 62.3 Å². The first-order valence-electron chi connectivity index (χ1n) is 5.93. The number of ether oxygens (including phenoxy) is 1. The van der Waals surface area contributed by atoms with Crippen molar-refractivity contribution in [3.8, 4) is 11.6 Å². The van der Waals surface area contributed by atoms with E-state index in [1.54, 1.807) is 31.4 Å². The van der Waals surface area contributed by atoms with Gasteiger partial charge in [0.1, 0.15) is 11.3 Å². The summed E-state index contributed by atoms with van der Waals surface area (Å²) in [4.78, 5) is 38.1. The van der Waals surface area contributed by atoms with Crippen molar-refractivity contribution in [2.45, 2.75) is 0 Å². The maximum absolute atomic E-state index is 11.9. The standard InChI is InChI=1S/C14H12N2O5/c1-21-9-5-2-8(3-6-9)4-7-10(17)11-12(18)15-14(20)16-13(11)19/h2-7H,1H3,(H3,15,16,18,19,20). The van der Waals surface area contributed by atoms with E-state index >= 15 is 0 Å². The maximum Gasteiger partial charge on any atom is 0.328 e. The van der Waals surface area contributed by atoms with Crippen LogP contribution in [0.15, 0.2) is 39.9 Å². The van der Waals surface area contributed by atoms with Crippen LogP contribution in [0.1, 0.15) is 15.9 Å². The number of carbonyl (C=O) groups excluding carboxylic acids is 1. The number of aromatic hydroxyl groups is 1. The fourth-order valence-electron chi connectivity index (χ4n) is 1.67. The number of benzene rings is 1. The van der Waals surface area contributed by atoms with E-state index in [0.29, 0.717) is 11.3 Å². The van der Waals surface area contributed by atoms with Crippen molar-refractivity contribution >= 4 is 11.9 Å². The second-order valence-electron chi connectivity index (χ2n) is 4.10. The molecule has 1 heterocycles. The molecule has 0 unspecified atom stereocenters. The lowest BCUT2D eigenvalue weighted by Gasteiger charge is -2.00. The van der Waals surface area contributed by atoms with Crippen molar-refractivity contribution < 1.29 is 14.6 Å². The molecule has 2 aromatic rings. The number of carbonyl (C=O) groups is 1. The lowest BCUT2D eigenvalue weighted by Crippen LogP contribution is -2.27. The minimum atomic E-state index is -0.944. The number of allylic oxidation sites excluding steroid dienone is 1. The van der Waals surface area contributed by atoms with Gasteiger partial charge in [0, 0.05) is 0 Å². The first kappa shape index (κ1) is 14.3. The summed E-state index contributed by atoms with van der Waals surface area (Å²) >= 11 is 0. The molecule has 0 aliphatic rings. The molecule has 0 saturated heterocycles. The summed E-state index contributed by atoms with van der Waals surface area (Å²) < 4.78 is 5.00. The Bertz CT molecular complexity index is 799. The number of hydrogen-bond acceptors (Lipinski definition) is 5. The smallest absolute Gasteiger partial charge is 0.328 e. The van der Waals surface area contributed by atoms with E-state index in [0.717, 1.165) is 6.08 Å². The summed E-state index contributed by atoms with van der Waals surface area (Å²) in [5, 5.41) is 9.46. The molecule has 0 aliphatic carbocycles. The van der Waals surface area contributed by atoms with E-state index in [4.69, 9.17) is 4.74 Å². The largest absolute Gasteiger partial charge is 0.497 e. The number of hydrogen-bond donors (Lipinski definition) is 3. The van der Waals surface area contributed by atoms with Crippen molar-refractivity contribution in [3.63, 3.8) is 0 Å². The minimum Gasteiger partial charge on any atom is -0.497 e. The Morgan fingerprint density at radius 3 is 2.43 bits per heavy atom. The number of aromatic nitrogens is 2. The molecule has 108 valence electrons. The quantitative estimate of drug-likeness (QED) is 0.565. The SMILES string of the molecule is COc1ccc(C=CC(=O)c2c(O)[nH]c(=O)[nH]c2=O)cc1. The molecule has 1 aromatic carbocycles. The molecule has 0 radical (unpaired) electrons. The molecule has 1 aromatic heterocycles. The van der Waals surface area contributed by atoms with Gasteiger partial charge >= 0.3 is 5.69 Å². The van der Waals surface area contributed by atoms with Gasteiger partial charge in [-0.15, -0.1) is 0 Å². The lowest BCUT2D eigenvalue weighted by molar-refractivity contribution is 0.104. The molecule has 2 rings (SSSR count). The summed E-state index contributed by atoms with van der Waals surface area (Å²) in [5.41, 5.74) is -1.63. The summed E-state index contributed by atoms with van der Waals surface area (Å²) in [6.07, 6.45) is 2.61. The van der Waals surface area contributed by atoms with Crippen LogP contribution < -0.4 is 16.0 Å². The number of ketones is 1. The number of H-pyrrole nitrogens is 2. The van der Waals surface area contributed by atoms with Crippen LogP contribution in [0.4, 0.5) is 0 Å². The van der Waals surface area contributed by atoms with Crippen LogP contribution in [-0.4, -0.2) is 28.0 Å². The Hall–Kier alpha value is -3.09. The Morgan fingerprint density at radius 2 is 1.86 bits per heavy atom. The van der Waals surface area contributed by atoms with E-state index in [2.05, 4.69) is 0 Å². The van der Waals surface area contributed by atoms with Crippen LogP contribution in [0, 0.1) is 0 Å². The van der Waals surface area contributed by atoms with Gasteiger partial charge in [0.2, 0.25) is 5.88 Å². The van der Waals surface area contributed by atoms with Crippen LogP contribution >= 0.6 is 0 Å². The van der Waals surface area contributed by atoms with E-state index in [1.807, 2.05) is 9.97 Å². The zero-order valence-electron chi connectivity index (χ0n) is 11.0. The molecule has 21 heavy (non-hydrogen) atoms. The summed E-state index contributed by atoms with van der Waals surface area (Å²) in [6, 6.07) is 6.88. The lowest BCUT2D eigenvalue weighted by atomic mass is 10.1. The van der Waals surface area contributed by atoms with E-state index in [1.165, 1.54) is 6.08 Å². The molecule has 0 saturated carbocycles. The highest BCUT2D eigenvalue weighted by Gasteiger charge is 2.14. The van der Waals surface area contributed by atoms with Gasteiger partial charge in [0.05, 0.1) is 7.11 Å². The van der Waals surface area contributed by atoms with Crippen molar-refractivity contribution in [1.82, 2.24) is 9.97 Å². The Morgan fingerprint density at radius 1 is 1.19 bits per heavy atom. The van der Waals surface area contributed by atoms with Gasteiger partial charge < -0.3 is 9.84 Å². The van der Waals surface area contributed by atoms with Gasteiger partial charge in [-0.1, -0.05) is 18.2 Å². The van der Waals surface area contributed by atoms with Crippen LogP contribution in [0.25, 0.3) is 6.08 Å². The topological polar surface area (TPSA) is 112 Å². The van der Waals surface area contributed by atoms with Crippen LogP contribution in [0.5, 0.6) is 11.6 Å². The molecule has 7 nitrogen and oxygen atoms in total. The predicted molar refractivity (Wildman–Crippen MR) is 75.7 cm³/mol. The first-order valence-corrected chi connectivity index (χ1v) is 5.93.